The summed E-state index contributed by atoms with van der Waals surface area (Å²) in [5.41, 5.74) is 0.474. The van der Waals surface area contributed by atoms with E-state index in [9.17, 15) is 33.9 Å². The van der Waals surface area contributed by atoms with Crippen LogP contribution in [0.5, 0.6) is 5.75 Å². The fourth-order valence-electron chi connectivity index (χ4n) is 5.40. The molecule has 50 heavy (non-hydrogen) atoms. The summed E-state index contributed by atoms with van der Waals surface area (Å²) in [7, 11) is 1.51. The van der Waals surface area contributed by atoms with Gasteiger partial charge in [0.15, 0.2) is 12.3 Å². The number of quaternary nitrogens is 1. The van der Waals surface area contributed by atoms with Crippen LogP contribution in [0.4, 0.5) is 0 Å². The predicted octanol–water partition coefficient (Wildman–Crippen LogP) is -1.31. The molecule has 1 aromatic rings. The largest absolute Gasteiger partial charge is 0.497 e. The zero-order valence-electron chi connectivity index (χ0n) is 28.4. The molecule has 2 fully saturated rings. The Balaban J connectivity index is 0.000000753. The summed E-state index contributed by atoms with van der Waals surface area (Å²) in [5, 5.41) is 35.0. The van der Waals surface area contributed by atoms with Gasteiger partial charge in [-0.25, -0.2) is 9.59 Å². The molecule has 2 saturated heterocycles. The van der Waals surface area contributed by atoms with Crippen LogP contribution >= 0.6 is 0 Å². The van der Waals surface area contributed by atoms with Crippen molar-refractivity contribution >= 4 is 35.4 Å². The maximum atomic E-state index is 13.7. The van der Waals surface area contributed by atoms with E-state index < -0.39 is 53.6 Å². The number of epoxide rings is 1. The normalized spacial score (nSPS) is 20.9. The quantitative estimate of drug-likeness (QED) is 0.0604. The number of amides is 3. The minimum atomic E-state index is -1.45. The first-order valence-electron chi connectivity index (χ1n) is 16.4. The second-order valence-electron chi connectivity index (χ2n) is 12.4. The Morgan fingerprint density at radius 3 is 2.12 bits per heavy atom. The first-order valence-corrected chi connectivity index (χ1v) is 16.4. The molecule has 16 nitrogen and oxygen atoms in total. The summed E-state index contributed by atoms with van der Waals surface area (Å²) in [6, 6.07) is 3.15. The highest BCUT2D eigenvalue weighted by Gasteiger charge is 2.50. The van der Waals surface area contributed by atoms with Crippen molar-refractivity contribution < 1.29 is 63.2 Å². The number of rotatable bonds is 16. The summed E-state index contributed by atoms with van der Waals surface area (Å²) < 4.78 is 15.9. The second kappa shape index (κ2) is 18.9. The topological polar surface area (TPSA) is 235 Å². The highest BCUT2D eigenvalue weighted by molar-refractivity contribution is 5.98. The number of carbonyl (C=O) groups is 6. The van der Waals surface area contributed by atoms with E-state index in [2.05, 4.69) is 22.0 Å². The third-order valence-electron chi connectivity index (χ3n) is 8.44. The number of benzene rings is 1. The lowest BCUT2D eigenvalue weighted by Gasteiger charge is -2.28. The molecule has 274 valence electrons. The molecule has 0 radical (unpaired) electrons. The van der Waals surface area contributed by atoms with E-state index in [4.69, 9.17) is 24.4 Å². The number of aliphatic hydroxyl groups is 1. The van der Waals surface area contributed by atoms with E-state index in [1.807, 2.05) is 0 Å². The van der Waals surface area contributed by atoms with Crippen molar-refractivity contribution in [1.82, 2.24) is 16.0 Å². The van der Waals surface area contributed by atoms with Crippen LogP contribution in [0.1, 0.15) is 51.2 Å². The molecule has 2 heterocycles. The van der Waals surface area contributed by atoms with Crippen LogP contribution in [-0.2, 0) is 38.2 Å². The lowest BCUT2D eigenvalue weighted by atomic mass is 9.93. The van der Waals surface area contributed by atoms with Crippen molar-refractivity contribution in [2.75, 3.05) is 46.6 Å². The summed E-state index contributed by atoms with van der Waals surface area (Å²) in [4.78, 5) is 73.0. The lowest BCUT2D eigenvalue weighted by molar-refractivity contribution is -0.900. The van der Waals surface area contributed by atoms with Gasteiger partial charge in [-0.3, -0.25) is 19.2 Å². The van der Waals surface area contributed by atoms with Gasteiger partial charge in [-0.15, -0.1) is 0 Å². The van der Waals surface area contributed by atoms with E-state index in [0.29, 0.717) is 56.2 Å². The van der Waals surface area contributed by atoms with Crippen molar-refractivity contribution in [2.45, 2.75) is 69.4 Å². The average molecular weight is 704 g/mol. The molecule has 5 atom stereocenters. The molecule has 7 N–H and O–H groups in total. The van der Waals surface area contributed by atoms with Crippen molar-refractivity contribution in [3.05, 3.63) is 53.6 Å². The average Bonchev–Trinajstić information content (AvgIpc) is 3.63. The van der Waals surface area contributed by atoms with Crippen LogP contribution in [0.3, 0.4) is 0 Å². The Morgan fingerprint density at radius 2 is 1.60 bits per heavy atom. The molecule has 4 rings (SSSR count). The number of carboxylic acid groups (broad SMARTS) is 2. The molecule has 0 bridgehead atoms. The van der Waals surface area contributed by atoms with Gasteiger partial charge in [0.05, 0.1) is 33.0 Å². The van der Waals surface area contributed by atoms with Crippen molar-refractivity contribution in [3.8, 4) is 5.75 Å². The molecule has 16 heteroatoms. The van der Waals surface area contributed by atoms with Gasteiger partial charge in [-0.05, 0) is 57.2 Å². The van der Waals surface area contributed by atoms with Crippen molar-refractivity contribution in [2.24, 2.45) is 0 Å². The molecular weight excluding hydrogens is 656 g/mol. The number of Topliss-reactive ketones (excluding diaryl/α,β-unsaturated/α-hetero) is 1. The SMILES string of the molecule is COc1ccc([C@@H](O)[C@H](NC(=O)[C@H](C)NC(=O)C[NH+]2CCOCC2)C(=O)N[C@@H](CC2=CCCC2)C(=O)[C@@]2(C)CO2)cc1.O=C(O)/C=C/C(=O)O. The number of ketones is 1. The van der Waals surface area contributed by atoms with Crippen LogP contribution in [0.25, 0.3) is 0 Å². The zero-order valence-corrected chi connectivity index (χ0v) is 28.4. The van der Waals surface area contributed by atoms with Gasteiger partial charge in [0, 0.05) is 12.2 Å². The zero-order chi connectivity index (χ0) is 36.8. The monoisotopic (exact) mass is 703 g/mol. The number of methoxy groups -OCH3 is 1. The number of aliphatic carboxylic acids is 2. The third-order valence-corrected chi connectivity index (χ3v) is 8.44. The van der Waals surface area contributed by atoms with E-state index >= 15 is 0 Å². The highest BCUT2D eigenvalue weighted by atomic mass is 16.6. The minimum absolute atomic E-state index is 0.194. The summed E-state index contributed by atoms with van der Waals surface area (Å²) in [6.07, 6.45) is 4.83. The molecule has 0 spiro atoms. The van der Waals surface area contributed by atoms with E-state index in [-0.39, 0.29) is 24.8 Å². The molecule has 1 aromatic carbocycles. The molecule has 0 unspecified atom stereocenters. The Hall–Kier alpha value is -4.64. The minimum Gasteiger partial charge on any atom is -0.497 e. The smallest absolute Gasteiger partial charge is 0.328 e. The molecule has 0 aromatic heterocycles. The van der Waals surface area contributed by atoms with Gasteiger partial charge in [0.2, 0.25) is 11.8 Å². The summed E-state index contributed by atoms with van der Waals surface area (Å²) in [5.74, 6) is -3.88. The highest BCUT2D eigenvalue weighted by Crippen LogP contribution is 2.31. The first kappa shape index (κ1) is 39.8. The summed E-state index contributed by atoms with van der Waals surface area (Å²) in [6.45, 7) is 6.22. The standard InChI is InChI=1S/C30H42N4O8.C4H4O4/c1-19(31-24(35)17-34-12-14-41-15-13-34)28(38)33-25(26(36)21-8-10-22(40-3)11-9-21)29(39)32-23(16-20-6-4-5-7-20)27(37)30(2)18-42-30;5-3(6)1-2-4(7)8/h6,8-11,19,23,25-26,36H,4-5,7,12-18H2,1-3H3,(H,31,35)(H,32,39)(H,33,38);1-2H,(H,5,6)(H,7,8)/p+1/b;2-1+/t19-,23-,25-,26+,30+;/m0./s1. The van der Waals surface area contributed by atoms with Crippen LogP contribution in [0.2, 0.25) is 0 Å². The molecule has 0 saturated carbocycles. The number of hydrogen-bond donors (Lipinski definition) is 7. The number of carbonyl (C=O) groups excluding carboxylic acids is 4. The number of carboxylic acids is 2. The van der Waals surface area contributed by atoms with Crippen LogP contribution in [0.15, 0.2) is 48.1 Å². The van der Waals surface area contributed by atoms with E-state index in [1.54, 1.807) is 31.2 Å². The van der Waals surface area contributed by atoms with Crippen molar-refractivity contribution in [3.63, 3.8) is 0 Å². The van der Waals surface area contributed by atoms with Crippen LogP contribution < -0.4 is 25.6 Å². The lowest BCUT2D eigenvalue weighted by Crippen LogP contribution is -3.15. The van der Waals surface area contributed by atoms with E-state index in [0.717, 1.165) is 29.7 Å². The van der Waals surface area contributed by atoms with Gasteiger partial charge >= 0.3 is 11.9 Å². The second-order valence-corrected chi connectivity index (χ2v) is 12.4. The summed E-state index contributed by atoms with van der Waals surface area (Å²) >= 11 is 0. The molecule has 1 aliphatic carbocycles. The first-order chi connectivity index (χ1) is 23.7. The number of hydrogen-bond acceptors (Lipinski definition) is 10. The van der Waals surface area contributed by atoms with Gasteiger partial charge in [-0.2, -0.15) is 0 Å². The maximum Gasteiger partial charge on any atom is 0.328 e. The Kier molecular flexibility index (Phi) is 15.1. The van der Waals surface area contributed by atoms with Gasteiger partial charge in [0.1, 0.15) is 42.6 Å². The Morgan fingerprint density at radius 1 is 0.980 bits per heavy atom. The maximum absolute atomic E-state index is 13.7. The molecule has 3 amide bonds. The van der Waals surface area contributed by atoms with Crippen LogP contribution in [0, 0.1) is 0 Å². The van der Waals surface area contributed by atoms with Gasteiger partial charge in [-0.1, -0.05) is 23.8 Å². The molecular formula is C34H47N4O12+. The number of aliphatic hydroxyl groups excluding tert-OH is 1. The van der Waals surface area contributed by atoms with Crippen LogP contribution in [-0.4, -0.2) is 121 Å². The van der Waals surface area contributed by atoms with Crippen molar-refractivity contribution in [1.29, 1.82) is 0 Å². The number of morpholine rings is 1. The van der Waals surface area contributed by atoms with Gasteiger partial charge in [0.25, 0.3) is 5.91 Å². The predicted molar refractivity (Wildman–Crippen MR) is 176 cm³/mol. The van der Waals surface area contributed by atoms with E-state index in [1.165, 1.54) is 14.0 Å². The third kappa shape index (κ3) is 12.7. The number of nitrogens with one attached hydrogen (secondary N) is 4. The molecule has 3 aliphatic rings. The fraction of sp³-hybridized carbons (Fsp3) is 0.529. The Bertz CT molecular complexity index is 1420. The van der Waals surface area contributed by atoms with Gasteiger partial charge < -0.3 is 50.4 Å². The Labute approximate surface area is 289 Å². The number of allylic oxidation sites excluding steroid dienone is 1. The number of ether oxygens (including phenoxy) is 3. The fourth-order valence-corrected chi connectivity index (χ4v) is 5.40. The molecule has 2 aliphatic heterocycles.